The van der Waals surface area contributed by atoms with Gasteiger partial charge in [-0.05, 0) is 11.8 Å². The molecule has 15 heavy (non-hydrogen) atoms. The molecule has 0 bridgehead atoms. The fraction of sp³-hybridized carbons (Fsp3) is 0.900. The van der Waals surface area contributed by atoms with E-state index in [0.717, 1.165) is 6.26 Å². The smallest absolute Gasteiger partial charge is 0.209 e. The van der Waals surface area contributed by atoms with Gasteiger partial charge in [0.25, 0.3) is 0 Å². The molecule has 1 N–H and O–H groups in total. The summed E-state index contributed by atoms with van der Waals surface area (Å²) in [7, 11) is -3.32. The van der Waals surface area contributed by atoms with Crippen molar-refractivity contribution in [3.05, 3.63) is 0 Å². The highest BCUT2D eigenvalue weighted by atomic mass is 32.2. The van der Waals surface area contributed by atoms with Gasteiger partial charge in [-0.25, -0.2) is 13.1 Å². The third-order valence-corrected chi connectivity index (χ3v) is 2.65. The van der Waals surface area contributed by atoms with Crippen LogP contribution in [0, 0.1) is 11.8 Å². The van der Waals surface area contributed by atoms with E-state index in [1.54, 1.807) is 0 Å². The zero-order chi connectivity index (χ0) is 12.2. The van der Waals surface area contributed by atoms with Crippen molar-refractivity contribution in [2.24, 2.45) is 11.8 Å². The lowest BCUT2D eigenvalue weighted by atomic mass is 9.95. The largest absolute Gasteiger partial charge is 0.298 e. The number of Topliss-reactive ketones (excluding diaryl/α,β-unsaturated/α-hetero) is 1. The van der Waals surface area contributed by atoms with Crippen LogP contribution in [0.15, 0.2) is 0 Å². The summed E-state index contributed by atoms with van der Waals surface area (Å²) in [6, 6.07) is -0.595. The van der Waals surface area contributed by atoms with Crippen LogP contribution in [0.25, 0.3) is 0 Å². The minimum atomic E-state index is -3.32. The molecule has 0 rings (SSSR count). The average Bonchev–Trinajstić information content (AvgIpc) is 1.96. The number of hydrogen-bond donors (Lipinski definition) is 1. The SMILES string of the molecule is CC(C)CC(=O)[C@@H](NS(C)(=O)=O)C(C)C. The zero-order valence-electron chi connectivity index (χ0n) is 10.1. The third-order valence-electron chi connectivity index (χ3n) is 1.96. The Hall–Kier alpha value is -0.420. The topological polar surface area (TPSA) is 63.2 Å². The number of rotatable bonds is 6. The standard InChI is InChI=1S/C10H21NO3S/c1-7(2)6-9(12)10(8(3)4)11-15(5,13)14/h7-8,10-11H,6H2,1-5H3/t10-/m0/s1. The van der Waals surface area contributed by atoms with Gasteiger partial charge in [-0.3, -0.25) is 4.79 Å². The average molecular weight is 235 g/mol. The highest BCUT2D eigenvalue weighted by Crippen LogP contribution is 2.10. The van der Waals surface area contributed by atoms with Gasteiger partial charge in [0.15, 0.2) is 5.78 Å². The highest BCUT2D eigenvalue weighted by molar-refractivity contribution is 7.88. The van der Waals surface area contributed by atoms with E-state index in [9.17, 15) is 13.2 Å². The highest BCUT2D eigenvalue weighted by Gasteiger charge is 2.25. The molecule has 0 aliphatic carbocycles. The minimum absolute atomic E-state index is 0.0222. The number of carbonyl (C=O) groups is 1. The Bertz CT molecular complexity index is 307. The van der Waals surface area contributed by atoms with E-state index >= 15 is 0 Å². The molecule has 0 aliphatic rings. The van der Waals surface area contributed by atoms with Crippen molar-refractivity contribution in [2.75, 3.05) is 6.26 Å². The normalized spacial score (nSPS) is 14.6. The molecule has 0 saturated carbocycles. The Labute approximate surface area is 92.5 Å². The molecular formula is C10H21NO3S. The van der Waals surface area contributed by atoms with Crippen molar-refractivity contribution in [3.8, 4) is 0 Å². The quantitative estimate of drug-likeness (QED) is 0.752. The maximum atomic E-state index is 11.7. The van der Waals surface area contributed by atoms with Crippen molar-refractivity contribution < 1.29 is 13.2 Å². The second-order valence-electron chi connectivity index (χ2n) is 4.68. The molecule has 0 unspecified atom stereocenters. The van der Waals surface area contributed by atoms with Crippen LogP contribution in [0.3, 0.4) is 0 Å². The van der Waals surface area contributed by atoms with E-state index in [2.05, 4.69) is 4.72 Å². The number of nitrogens with one attached hydrogen (secondary N) is 1. The minimum Gasteiger partial charge on any atom is -0.298 e. The molecule has 0 heterocycles. The van der Waals surface area contributed by atoms with Crippen molar-refractivity contribution in [1.29, 1.82) is 0 Å². The summed E-state index contributed by atoms with van der Waals surface area (Å²) < 4.78 is 24.5. The molecule has 1 atom stereocenters. The first-order valence-electron chi connectivity index (χ1n) is 5.13. The lowest BCUT2D eigenvalue weighted by Gasteiger charge is -2.20. The maximum absolute atomic E-state index is 11.7. The fourth-order valence-electron chi connectivity index (χ4n) is 1.33. The Morgan fingerprint density at radius 1 is 1.20 bits per heavy atom. The van der Waals surface area contributed by atoms with E-state index in [0.29, 0.717) is 6.42 Å². The summed E-state index contributed by atoms with van der Waals surface area (Å²) in [6.07, 6.45) is 1.48. The van der Waals surface area contributed by atoms with Crippen molar-refractivity contribution in [3.63, 3.8) is 0 Å². The summed E-state index contributed by atoms with van der Waals surface area (Å²) in [6.45, 7) is 7.55. The van der Waals surface area contributed by atoms with Crippen LogP contribution >= 0.6 is 0 Å². The lowest BCUT2D eigenvalue weighted by molar-refractivity contribution is -0.122. The van der Waals surface area contributed by atoms with Crippen molar-refractivity contribution in [1.82, 2.24) is 4.72 Å². The summed E-state index contributed by atoms with van der Waals surface area (Å²) in [4.78, 5) is 11.7. The van der Waals surface area contributed by atoms with Gasteiger partial charge in [-0.1, -0.05) is 27.7 Å². The van der Waals surface area contributed by atoms with Crippen LogP contribution in [0.1, 0.15) is 34.1 Å². The van der Waals surface area contributed by atoms with E-state index < -0.39 is 16.1 Å². The maximum Gasteiger partial charge on any atom is 0.209 e. The van der Waals surface area contributed by atoms with Gasteiger partial charge in [0.1, 0.15) is 0 Å². The van der Waals surface area contributed by atoms with Crippen LogP contribution in [0.5, 0.6) is 0 Å². The van der Waals surface area contributed by atoms with E-state index in [-0.39, 0.29) is 17.6 Å². The van der Waals surface area contributed by atoms with Gasteiger partial charge in [0.2, 0.25) is 10.0 Å². The molecule has 0 amide bonds. The third kappa shape index (κ3) is 6.62. The van der Waals surface area contributed by atoms with Crippen LogP contribution in [-0.4, -0.2) is 26.5 Å². The first-order chi connectivity index (χ1) is 6.63. The Kier molecular flexibility index (Phi) is 5.45. The molecule has 0 aromatic heterocycles. The Balaban J connectivity index is 4.61. The first-order valence-corrected chi connectivity index (χ1v) is 7.02. The van der Waals surface area contributed by atoms with Gasteiger partial charge in [-0.2, -0.15) is 0 Å². The lowest BCUT2D eigenvalue weighted by Crippen LogP contribution is -2.44. The molecule has 0 aromatic carbocycles. The van der Waals surface area contributed by atoms with Gasteiger partial charge in [0, 0.05) is 6.42 Å². The molecule has 0 aromatic rings. The molecule has 0 radical (unpaired) electrons. The van der Waals surface area contributed by atoms with Crippen LogP contribution in [-0.2, 0) is 14.8 Å². The number of sulfonamides is 1. The van der Waals surface area contributed by atoms with Crippen LogP contribution < -0.4 is 4.72 Å². The predicted molar refractivity (Wildman–Crippen MR) is 61.1 cm³/mol. The second-order valence-corrected chi connectivity index (χ2v) is 6.46. The van der Waals surface area contributed by atoms with E-state index in [4.69, 9.17) is 0 Å². The molecular weight excluding hydrogens is 214 g/mol. The molecule has 0 fully saturated rings. The number of ketones is 1. The molecule has 0 aliphatic heterocycles. The summed E-state index contributed by atoms with van der Waals surface area (Å²) in [5, 5.41) is 0. The number of carbonyl (C=O) groups excluding carboxylic acids is 1. The zero-order valence-corrected chi connectivity index (χ0v) is 10.9. The van der Waals surface area contributed by atoms with Crippen molar-refractivity contribution >= 4 is 15.8 Å². The van der Waals surface area contributed by atoms with Crippen LogP contribution in [0.2, 0.25) is 0 Å². The molecule has 5 heteroatoms. The first kappa shape index (κ1) is 14.6. The Morgan fingerprint density at radius 2 is 1.67 bits per heavy atom. The van der Waals surface area contributed by atoms with Gasteiger partial charge >= 0.3 is 0 Å². The monoisotopic (exact) mass is 235 g/mol. The van der Waals surface area contributed by atoms with E-state index in [1.165, 1.54) is 0 Å². The summed E-state index contributed by atoms with van der Waals surface area (Å²) >= 11 is 0. The predicted octanol–water partition coefficient (Wildman–Crippen LogP) is 1.18. The Morgan fingerprint density at radius 3 is 1.93 bits per heavy atom. The van der Waals surface area contributed by atoms with Gasteiger partial charge < -0.3 is 0 Å². The fourth-order valence-corrected chi connectivity index (χ4v) is 2.20. The van der Waals surface area contributed by atoms with Gasteiger partial charge in [-0.15, -0.1) is 0 Å². The molecule has 4 nitrogen and oxygen atoms in total. The van der Waals surface area contributed by atoms with E-state index in [1.807, 2.05) is 27.7 Å². The molecule has 0 spiro atoms. The second kappa shape index (κ2) is 5.61. The summed E-state index contributed by atoms with van der Waals surface area (Å²) in [5.41, 5.74) is 0. The van der Waals surface area contributed by atoms with Crippen LogP contribution in [0.4, 0.5) is 0 Å². The number of hydrogen-bond acceptors (Lipinski definition) is 3. The summed E-state index contributed by atoms with van der Waals surface area (Å²) in [5.74, 6) is 0.191. The molecule has 0 saturated heterocycles. The van der Waals surface area contributed by atoms with Gasteiger partial charge in [0.05, 0.1) is 12.3 Å². The molecule has 90 valence electrons. The van der Waals surface area contributed by atoms with Crippen molar-refractivity contribution in [2.45, 2.75) is 40.2 Å².